The number of carbonyl (C=O) groups is 2. The molecule has 2 saturated heterocycles. The van der Waals surface area contributed by atoms with Crippen LogP contribution in [0.15, 0.2) is 0 Å². The molecule has 102 valence electrons. The zero-order valence-corrected chi connectivity index (χ0v) is 11.7. The minimum absolute atomic E-state index is 0.166. The summed E-state index contributed by atoms with van der Waals surface area (Å²) in [6, 6.07) is -0.174. The van der Waals surface area contributed by atoms with Crippen molar-refractivity contribution in [2.24, 2.45) is 0 Å². The lowest BCUT2D eigenvalue weighted by Crippen LogP contribution is -2.64. The zero-order chi connectivity index (χ0) is 13.3. The molecule has 0 aromatic heterocycles. The van der Waals surface area contributed by atoms with Crippen molar-refractivity contribution < 1.29 is 9.59 Å². The topological polar surface area (TPSA) is 40.6 Å². The number of piperazine rings is 1. The third-order valence-electron chi connectivity index (χ3n) is 4.42. The van der Waals surface area contributed by atoms with Gasteiger partial charge in [0, 0.05) is 12.6 Å². The SMILES string of the molecule is CCC(CC)N1C(=O)C2CCCN2C(=O)C1CC. The number of amides is 2. The quantitative estimate of drug-likeness (QED) is 0.765. The summed E-state index contributed by atoms with van der Waals surface area (Å²) in [5.74, 6) is 0.360. The lowest BCUT2D eigenvalue weighted by molar-refractivity contribution is -0.162. The van der Waals surface area contributed by atoms with Crippen LogP contribution >= 0.6 is 0 Å². The molecule has 2 unspecified atom stereocenters. The van der Waals surface area contributed by atoms with Gasteiger partial charge in [-0.25, -0.2) is 0 Å². The maximum absolute atomic E-state index is 12.6. The molecular weight excluding hydrogens is 228 g/mol. The summed E-state index contributed by atoms with van der Waals surface area (Å²) < 4.78 is 0. The number of hydrogen-bond acceptors (Lipinski definition) is 2. The minimum atomic E-state index is -0.225. The van der Waals surface area contributed by atoms with E-state index in [0.717, 1.165) is 38.6 Å². The molecule has 2 amide bonds. The van der Waals surface area contributed by atoms with Crippen LogP contribution in [0.25, 0.3) is 0 Å². The molecule has 0 aromatic rings. The predicted molar refractivity (Wildman–Crippen MR) is 70.0 cm³/mol. The van der Waals surface area contributed by atoms with Crippen LogP contribution in [0.4, 0.5) is 0 Å². The molecule has 0 saturated carbocycles. The van der Waals surface area contributed by atoms with E-state index in [1.54, 1.807) is 0 Å². The summed E-state index contributed by atoms with van der Waals surface area (Å²) in [4.78, 5) is 28.8. The number of nitrogens with zero attached hydrogens (tertiary/aromatic N) is 2. The summed E-state index contributed by atoms with van der Waals surface area (Å²) >= 11 is 0. The monoisotopic (exact) mass is 252 g/mol. The van der Waals surface area contributed by atoms with E-state index in [0.29, 0.717) is 0 Å². The number of rotatable bonds is 4. The van der Waals surface area contributed by atoms with Crippen molar-refractivity contribution in [1.82, 2.24) is 9.80 Å². The first-order valence-corrected chi connectivity index (χ1v) is 7.28. The molecule has 2 aliphatic rings. The standard InChI is InChI=1S/C14H24N2O2/c1-4-10(5-2)16-11(6-3)13(17)15-9-7-8-12(15)14(16)18/h10-12H,4-9H2,1-3H3. The van der Waals surface area contributed by atoms with Crippen LogP contribution in [-0.4, -0.2) is 46.3 Å². The van der Waals surface area contributed by atoms with Gasteiger partial charge in [0.2, 0.25) is 11.8 Å². The molecule has 0 bridgehead atoms. The van der Waals surface area contributed by atoms with Crippen molar-refractivity contribution in [2.45, 2.75) is 71.0 Å². The summed E-state index contributed by atoms with van der Waals surface area (Å²) in [7, 11) is 0. The van der Waals surface area contributed by atoms with Gasteiger partial charge in [0.05, 0.1) is 0 Å². The van der Waals surface area contributed by atoms with E-state index in [-0.39, 0.29) is 29.9 Å². The summed E-state index contributed by atoms with van der Waals surface area (Å²) in [6.45, 7) is 6.96. The fourth-order valence-electron chi connectivity index (χ4n) is 3.41. The first-order chi connectivity index (χ1) is 8.65. The van der Waals surface area contributed by atoms with E-state index in [4.69, 9.17) is 0 Å². The highest BCUT2D eigenvalue weighted by atomic mass is 16.2. The maximum Gasteiger partial charge on any atom is 0.246 e. The molecule has 0 N–H and O–H groups in total. The highest BCUT2D eigenvalue weighted by Crippen LogP contribution is 2.30. The zero-order valence-electron chi connectivity index (χ0n) is 11.7. The lowest BCUT2D eigenvalue weighted by Gasteiger charge is -2.45. The van der Waals surface area contributed by atoms with Gasteiger partial charge in [-0.05, 0) is 32.1 Å². The molecular formula is C14H24N2O2. The predicted octanol–water partition coefficient (Wildman–Crippen LogP) is 1.79. The van der Waals surface area contributed by atoms with Gasteiger partial charge in [0.1, 0.15) is 12.1 Å². The number of hydrogen-bond donors (Lipinski definition) is 0. The number of fused-ring (bicyclic) bond motifs is 1. The van der Waals surface area contributed by atoms with Crippen molar-refractivity contribution in [2.75, 3.05) is 6.54 Å². The molecule has 0 aliphatic carbocycles. The normalized spacial score (nSPS) is 28.2. The summed E-state index contributed by atoms with van der Waals surface area (Å²) in [5, 5.41) is 0. The van der Waals surface area contributed by atoms with Gasteiger partial charge in [-0.15, -0.1) is 0 Å². The lowest BCUT2D eigenvalue weighted by atomic mass is 9.98. The molecule has 0 aromatic carbocycles. The fraction of sp³-hybridized carbons (Fsp3) is 0.857. The molecule has 2 rings (SSSR count). The van der Waals surface area contributed by atoms with Gasteiger partial charge in [0.25, 0.3) is 0 Å². The Morgan fingerprint density at radius 1 is 1.17 bits per heavy atom. The molecule has 2 heterocycles. The van der Waals surface area contributed by atoms with Crippen LogP contribution in [-0.2, 0) is 9.59 Å². The van der Waals surface area contributed by atoms with Crippen molar-refractivity contribution in [3.05, 3.63) is 0 Å². The van der Waals surface area contributed by atoms with Crippen LogP contribution < -0.4 is 0 Å². The van der Waals surface area contributed by atoms with Crippen LogP contribution in [0.3, 0.4) is 0 Å². The molecule has 4 heteroatoms. The molecule has 2 aliphatic heterocycles. The molecule has 2 atom stereocenters. The van der Waals surface area contributed by atoms with Crippen molar-refractivity contribution >= 4 is 11.8 Å². The van der Waals surface area contributed by atoms with Crippen LogP contribution in [0.2, 0.25) is 0 Å². The third-order valence-corrected chi connectivity index (χ3v) is 4.42. The molecule has 0 spiro atoms. The van der Waals surface area contributed by atoms with E-state index >= 15 is 0 Å². The maximum atomic E-state index is 12.6. The average molecular weight is 252 g/mol. The second kappa shape index (κ2) is 5.29. The Labute approximate surface area is 109 Å². The van der Waals surface area contributed by atoms with Gasteiger partial charge in [-0.3, -0.25) is 9.59 Å². The van der Waals surface area contributed by atoms with Gasteiger partial charge in [-0.2, -0.15) is 0 Å². The minimum Gasteiger partial charge on any atom is -0.329 e. The van der Waals surface area contributed by atoms with Crippen molar-refractivity contribution in [3.8, 4) is 0 Å². The smallest absolute Gasteiger partial charge is 0.246 e. The van der Waals surface area contributed by atoms with Crippen molar-refractivity contribution in [1.29, 1.82) is 0 Å². The third kappa shape index (κ3) is 1.91. The van der Waals surface area contributed by atoms with E-state index < -0.39 is 0 Å². The molecule has 2 fully saturated rings. The van der Waals surface area contributed by atoms with E-state index in [1.807, 2.05) is 16.7 Å². The Hall–Kier alpha value is -1.06. The van der Waals surface area contributed by atoms with Crippen LogP contribution in [0.1, 0.15) is 52.9 Å². The Balaban J connectivity index is 2.30. The van der Waals surface area contributed by atoms with Gasteiger partial charge in [-0.1, -0.05) is 20.8 Å². The van der Waals surface area contributed by atoms with E-state index in [9.17, 15) is 9.59 Å². The van der Waals surface area contributed by atoms with E-state index in [2.05, 4.69) is 13.8 Å². The summed E-state index contributed by atoms with van der Waals surface area (Å²) in [5.41, 5.74) is 0. The van der Waals surface area contributed by atoms with Gasteiger partial charge in [0.15, 0.2) is 0 Å². The fourth-order valence-corrected chi connectivity index (χ4v) is 3.41. The Bertz CT molecular complexity index is 339. The Kier molecular flexibility index (Phi) is 3.93. The highest BCUT2D eigenvalue weighted by molar-refractivity contribution is 5.97. The van der Waals surface area contributed by atoms with Gasteiger partial charge >= 0.3 is 0 Å². The Morgan fingerprint density at radius 3 is 2.39 bits per heavy atom. The van der Waals surface area contributed by atoms with Crippen LogP contribution in [0, 0.1) is 0 Å². The molecule has 0 radical (unpaired) electrons. The van der Waals surface area contributed by atoms with Crippen molar-refractivity contribution in [3.63, 3.8) is 0 Å². The van der Waals surface area contributed by atoms with Gasteiger partial charge < -0.3 is 9.80 Å². The molecule has 4 nitrogen and oxygen atoms in total. The first kappa shape index (κ1) is 13.4. The average Bonchev–Trinajstić information content (AvgIpc) is 2.86. The highest BCUT2D eigenvalue weighted by Gasteiger charge is 2.48. The summed E-state index contributed by atoms with van der Waals surface area (Å²) in [6.07, 6.45) is 4.40. The second-order valence-corrected chi connectivity index (χ2v) is 5.33. The van der Waals surface area contributed by atoms with E-state index in [1.165, 1.54) is 0 Å². The largest absolute Gasteiger partial charge is 0.329 e. The second-order valence-electron chi connectivity index (χ2n) is 5.33. The molecule has 18 heavy (non-hydrogen) atoms. The van der Waals surface area contributed by atoms with Crippen LogP contribution in [0.5, 0.6) is 0 Å². The first-order valence-electron chi connectivity index (χ1n) is 7.28. The Morgan fingerprint density at radius 2 is 1.83 bits per heavy atom. The number of carbonyl (C=O) groups excluding carboxylic acids is 2.